The molecule has 1 saturated heterocycles. The topological polar surface area (TPSA) is 72.9 Å². The second-order valence-corrected chi connectivity index (χ2v) is 9.35. The zero-order chi connectivity index (χ0) is 18.3. The third-order valence-corrected chi connectivity index (χ3v) is 6.79. The molecule has 0 aliphatic carbocycles. The van der Waals surface area contributed by atoms with Crippen LogP contribution in [0, 0.1) is 0 Å². The Hall–Kier alpha value is -1.74. The number of rotatable bonds is 3. The van der Waals surface area contributed by atoms with Crippen molar-refractivity contribution in [3.05, 3.63) is 34.5 Å². The molecule has 1 atom stereocenters. The van der Waals surface area contributed by atoms with Gasteiger partial charge < -0.3 is 9.47 Å². The largest absolute Gasteiger partial charge is 0.472 e. The van der Waals surface area contributed by atoms with E-state index >= 15 is 0 Å². The molecule has 2 aromatic rings. The zero-order valence-corrected chi connectivity index (χ0v) is 15.9. The van der Waals surface area contributed by atoms with Crippen molar-refractivity contribution in [2.75, 3.05) is 32.6 Å². The standard InChI is InChI=1S/C18H19NO5S2/c1-26(21,22)13-4-2-12(3-5-13)14-11-25-18-15(20)10-16(24-17(14)18)19-6-8-23-9-7-19/h2-5,11,16H,6-10H2,1H3. The van der Waals surface area contributed by atoms with Crippen LogP contribution in [0.5, 0.6) is 5.75 Å². The van der Waals surface area contributed by atoms with Gasteiger partial charge in [-0.25, -0.2) is 8.42 Å². The molecule has 0 spiro atoms. The molecule has 0 N–H and O–H groups in total. The molecule has 2 aliphatic rings. The van der Waals surface area contributed by atoms with E-state index in [1.165, 1.54) is 17.6 Å². The molecule has 1 unspecified atom stereocenters. The van der Waals surface area contributed by atoms with Crippen molar-refractivity contribution in [1.82, 2.24) is 4.90 Å². The van der Waals surface area contributed by atoms with Crippen molar-refractivity contribution in [2.45, 2.75) is 17.5 Å². The highest BCUT2D eigenvalue weighted by Gasteiger charge is 2.34. The van der Waals surface area contributed by atoms with E-state index in [2.05, 4.69) is 4.90 Å². The number of Topliss-reactive ketones (excluding diaryl/α,β-unsaturated/α-hetero) is 1. The summed E-state index contributed by atoms with van der Waals surface area (Å²) >= 11 is 1.38. The molecule has 0 bridgehead atoms. The first-order chi connectivity index (χ1) is 12.4. The van der Waals surface area contributed by atoms with Gasteiger partial charge in [0.25, 0.3) is 0 Å². The minimum atomic E-state index is -3.24. The Balaban J connectivity index is 1.65. The average Bonchev–Trinajstić information content (AvgIpc) is 3.06. The van der Waals surface area contributed by atoms with Crippen LogP contribution >= 0.6 is 11.3 Å². The smallest absolute Gasteiger partial charge is 0.181 e. The minimum absolute atomic E-state index is 0.0896. The second kappa shape index (κ2) is 6.77. The maximum absolute atomic E-state index is 12.6. The van der Waals surface area contributed by atoms with E-state index in [9.17, 15) is 13.2 Å². The molecule has 6 nitrogen and oxygen atoms in total. The number of hydrogen-bond acceptors (Lipinski definition) is 7. The first-order valence-corrected chi connectivity index (χ1v) is 11.1. The Kier molecular flexibility index (Phi) is 4.60. The Morgan fingerprint density at radius 1 is 1.15 bits per heavy atom. The van der Waals surface area contributed by atoms with Gasteiger partial charge in [0.05, 0.1) is 24.5 Å². The molecule has 8 heteroatoms. The van der Waals surface area contributed by atoms with Gasteiger partial charge in [-0.05, 0) is 17.7 Å². The van der Waals surface area contributed by atoms with Crippen molar-refractivity contribution >= 4 is 27.0 Å². The lowest BCUT2D eigenvalue weighted by Crippen LogP contribution is -2.48. The monoisotopic (exact) mass is 393 g/mol. The van der Waals surface area contributed by atoms with Crippen LogP contribution in [0.1, 0.15) is 16.1 Å². The molecular formula is C18H19NO5S2. The van der Waals surface area contributed by atoms with E-state index in [1.54, 1.807) is 24.3 Å². The van der Waals surface area contributed by atoms with E-state index in [0.717, 1.165) is 24.2 Å². The number of morpholine rings is 1. The molecule has 138 valence electrons. The number of benzene rings is 1. The average molecular weight is 393 g/mol. The summed E-state index contributed by atoms with van der Waals surface area (Å²) in [7, 11) is -3.24. The van der Waals surface area contributed by atoms with Gasteiger partial charge in [0.1, 0.15) is 4.88 Å². The number of carbonyl (C=O) groups excluding carboxylic acids is 1. The van der Waals surface area contributed by atoms with Crippen molar-refractivity contribution in [1.29, 1.82) is 0 Å². The fourth-order valence-corrected chi connectivity index (χ4v) is 4.82. The summed E-state index contributed by atoms with van der Waals surface area (Å²) in [5.41, 5.74) is 1.67. The number of fused-ring (bicyclic) bond motifs is 1. The maximum atomic E-state index is 12.6. The van der Waals surface area contributed by atoms with Gasteiger partial charge in [0.2, 0.25) is 0 Å². The van der Waals surface area contributed by atoms with Crippen LogP contribution < -0.4 is 4.74 Å². The zero-order valence-electron chi connectivity index (χ0n) is 14.3. The number of sulfone groups is 1. The summed E-state index contributed by atoms with van der Waals surface area (Å²) in [5.74, 6) is 0.696. The summed E-state index contributed by atoms with van der Waals surface area (Å²) in [4.78, 5) is 15.6. The minimum Gasteiger partial charge on any atom is -0.472 e. The molecule has 0 amide bonds. The number of ketones is 1. The highest BCUT2D eigenvalue weighted by Crippen LogP contribution is 2.43. The quantitative estimate of drug-likeness (QED) is 0.798. The summed E-state index contributed by atoms with van der Waals surface area (Å²) in [5, 5.41) is 1.90. The van der Waals surface area contributed by atoms with Gasteiger partial charge in [-0.3, -0.25) is 9.69 Å². The second-order valence-electron chi connectivity index (χ2n) is 6.45. The predicted octanol–water partition coefficient (Wildman–Crippen LogP) is 2.44. The van der Waals surface area contributed by atoms with Crippen LogP contribution in [0.4, 0.5) is 0 Å². The summed E-state index contributed by atoms with van der Waals surface area (Å²) < 4.78 is 34.9. The molecule has 0 radical (unpaired) electrons. The van der Waals surface area contributed by atoms with Crippen molar-refractivity contribution < 1.29 is 22.7 Å². The van der Waals surface area contributed by atoms with Crippen LogP contribution in [0.25, 0.3) is 11.1 Å². The Morgan fingerprint density at radius 3 is 2.50 bits per heavy atom. The Labute approximate surface area is 156 Å². The first-order valence-electron chi connectivity index (χ1n) is 8.37. The molecule has 4 rings (SSSR count). The van der Waals surface area contributed by atoms with Crippen LogP contribution in [-0.4, -0.2) is 57.9 Å². The number of hydrogen-bond donors (Lipinski definition) is 0. The van der Waals surface area contributed by atoms with Gasteiger partial charge >= 0.3 is 0 Å². The molecule has 26 heavy (non-hydrogen) atoms. The van der Waals surface area contributed by atoms with Crippen molar-refractivity contribution in [3.8, 4) is 16.9 Å². The molecule has 1 fully saturated rings. The summed E-state index contributed by atoms with van der Waals surface area (Å²) in [6, 6.07) is 6.67. The number of ether oxygens (including phenoxy) is 2. The first kappa shape index (κ1) is 17.7. The van der Waals surface area contributed by atoms with Crippen molar-refractivity contribution in [2.24, 2.45) is 0 Å². The van der Waals surface area contributed by atoms with E-state index in [4.69, 9.17) is 9.47 Å². The Morgan fingerprint density at radius 2 is 1.85 bits per heavy atom. The molecule has 3 heterocycles. The van der Waals surface area contributed by atoms with Gasteiger partial charge in [0, 0.05) is 30.3 Å². The fourth-order valence-electron chi connectivity index (χ4n) is 3.24. The molecule has 1 aromatic carbocycles. The van der Waals surface area contributed by atoms with Crippen LogP contribution in [0.2, 0.25) is 0 Å². The highest BCUT2D eigenvalue weighted by atomic mass is 32.2. The number of carbonyl (C=O) groups is 1. The van der Waals surface area contributed by atoms with E-state index < -0.39 is 9.84 Å². The fraction of sp³-hybridized carbons (Fsp3) is 0.389. The van der Waals surface area contributed by atoms with Crippen LogP contribution in [0.15, 0.2) is 34.5 Å². The normalized spacial score (nSPS) is 21.3. The van der Waals surface area contributed by atoms with Gasteiger partial charge in [-0.15, -0.1) is 11.3 Å². The lowest BCUT2D eigenvalue weighted by molar-refractivity contribution is -0.0483. The van der Waals surface area contributed by atoms with Crippen molar-refractivity contribution in [3.63, 3.8) is 0 Å². The van der Waals surface area contributed by atoms with Crippen LogP contribution in [-0.2, 0) is 14.6 Å². The third kappa shape index (κ3) is 3.29. The number of thiophene rings is 1. The van der Waals surface area contributed by atoms with E-state index in [1.807, 2.05) is 5.38 Å². The summed E-state index contributed by atoms with van der Waals surface area (Å²) in [6.45, 7) is 2.78. The SMILES string of the molecule is CS(=O)(=O)c1ccc(-c2csc3c2OC(N2CCOCC2)CC3=O)cc1. The highest BCUT2D eigenvalue weighted by molar-refractivity contribution is 7.90. The lowest BCUT2D eigenvalue weighted by atomic mass is 10.0. The molecule has 1 aromatic heterocycles. The van der Waals surface area contributed by atoms with Gasteiger partial charge in [-0.1, -0.05) is 12.1 Å². The molecule has 0 saturated carbocycles. The number of nitrogens with zero attached hydrogens (tertiary/aromatic N) is 1. The Bertz CT molecular complexity index is 927. The van der Waals surface area contributed by atoms with Crippen LogP contribution in [0.3, 0.4) is 0 Å². The summed E-state index contributed by atoms with van der Waals surface area (Å²) in [6.07, 6.45) is 1.26. The maximum Gasteiger partial charge on any atom is 0.181 e. The van der Waals surface area contributed by atoms with E-state index in [-0.39, 0.29) is 16.9 Å². The third-order valence-electron chi connectivity index (χ3n) is 4.66. The predicted molar refractivity (Wildman–Crippen MR) is 98.6 cm³/mol. The lowest BCUT2D eigenvalue weighted by Gasteiger charge is -2.36. The van der Waals surface area contributed by atoms with Gasteiger partial charge in [-0.2, -0.15) is 0 Å². The molecule has 2 aliphatic heterocycles. The molecular weight excluding hydrogens is 374 g/mol. The van der Waals surface area contributed by atoms with Gasteiger partial charge in [0.15, 0.2) is 27.6 Å². The van der Waals surface area contributed by atoms with E-state index in [0.29, 0.717) is 30.3 Å².